The Morgan fingerprint density at radius 1 is 0.536 bits per heavy atom. The average Bonchev–Trinajstić information content (AvgIpc) is 1.22. The fourth-order valence-corrected chi connectivity index (χ4v) is 17.2. The van der Waals surface area contributed by atoms with Crippen molar-refractivity contribution in [3.05, 3.63) is 11.6 Å². The molecule has 0 bridgehead atoms. The summed E-state index contributed by atoms with van der Waals surface area (Å²) in [4.78, 5) is 0. The predicted octanol–water partition coefficient (Wildman–Crippen LogP) is -3.10. The van der Waals surface area contributed by atoms with Gasteiger partial charge in [-0.25, -0.2) is 0 Å². The molecule has 26 heteroatoms. The highest BCUT2D eigenvalue weighted by Gasteiger charge is 2.72. The predicted molar refractivity (Wildman–Crippen MR) is 287 cm³/mol. The third-order valence-corrected chi connectivity index (χ3v) is 22.2. The van der Waals surface area contributed by atoms with Gasteiger partial charge in [0.2, 0.25) is 0 Å². The van der Waals surface area contributed by atoms with E-state index in [1.165, 1.54) is 0 Å². The molecular formula is C58H98O26. The van der Waals surface area contributed by atoms with Gasteiger partial charge >= 0.3 is 0 Å². The molecule has 9 rings (SSSR count). The van der Waals surface area contributed by atoms with Gasteiger partial charge in [0.1, 0.15) is 110 Å². The first kappa shape index (κ1) is 67.1. The molecule has 4 saturated carbocycles. The van der Waals surface area contributed by atoms with Crippen molar-refractivity contribution < 1.29 is 129 Å². The van der Waals surface area contributed by atoms with Crippen molar-refractivity contribution in [3.8, 4) is 0 Å². The van der Waals surface area contributed by atoms with Gasteiger partial charge in [0.05, 0.1) is 50.8 Å². The molecule has 486 valence electrons. The topological polar surface area (TPSA) is 416 Å². The molecule has 0 amide bonds. The largest absolute Gasteiger partial charge is 0.394 e. The first-order chi connectivity index (χ1) is 39.4. The fraction of sp³-hybridized carbons (Fsp3) is 0.966. The van der Waals surface area contributed by atoms with Gasteiger partial charge < -0.3 is 129 Å². The molecule has 9 fully saturated rings. The summed E-state index contributed by atoms with van der Waals surface area (Å²) in [6.07, 6.45) is -29.7. The van der Waals surface area contributed by atoms with Gasteiger partial charge in [-0.15, -0.1) is 0 Å². The summed E-state index contributed by atoms with van der Waals surface area (Å²) >= 11 is 0. The van der Waals surface area contributed by atoms with E-state index in [2.05, 4.69) is 40.7 Å². The highest BCUT2D eigenvalue weighted by atomic mass is 16.8. The Morgan fingerprint density at radius 2 is 1.11 bits per heavy atom. The van der Waals surface area contributed by atoms with E-state index in [0.717, 1.165) is 24.8 Å². The van der Waals surface area contributed by atoms with Crippen LogP contribution in [0.3, 0.4) is 0 Å². The van der Waals surface area contributed by atoms with Crippen LogP contribution in [0, 0.1) is 45.3 Å². The molecular weight excluding hydrogens is 1110 g/mol. The van der Waals surface area contributed by atoms with E-state index < -0.39 is 190 Å². The number of aliphatic hydroxyl groups excluding tert-OH is 16. The van der Waals surface area contributed by atoms with Crippen molar-refractivity contribution in [1.29, 1.82) is 0 Å². The van der Waals surface area contributed by atoms with E-state index >= 15 is 0 Å². The number of aliphatic hydroxyl groups is 16. The number of ether oxygens (including phenoxy) is 10. The molecule has 16 N–H and O–H groups in total. The third kappa shape index (κ3) is 12.0. The fourth-order valence-electron chi connectivity index (χ4n) is 17.2. The molecule has 5 heterocycles. The minimum atomic E-state index is -1.81. The number of fused-ring (bicyclic) bond motifs is 5. The maximum Gasteiger partial charge on any atom is 0.190 e. The summed E-state index contributed by atoms with van der Waals surface area (Å²) in [6.45, 7) is 14.4. The standard InChI is InChI=1S/C58H98O26/c1-24(2)10-9-14-58(8,84-52-47(74)42(69)39(66)30(81-52)22-76-49-45(72)40(67)31(23-77-49)80-50-44(71)36(63)27(62)21-75-50)25-11-16-57(7)35(25)26(61)18-33-55(5)15-13-34(54(3,4)32(55)12-17-56(33,57)6)82-48-43(70)38(65)29(20-60)79-53(48)83-51-46(73)41(68)37(64)28(19-59)78-51/h10,25-53,59-74H,9,11-23H2,1-8H3/t25-,26+,27+,28+,29+,30+,31-,32-,33+,34-,35-,36-,37+,38+,39+,40-,41-,42-,43-,44+,45+,46+,47+,48+,49+,50-,51-,52-,53-,55-,56+,57+,58-/m0/s1. The molecule has 5 saturated heterocycles. The van der Waals surface area contributed by atoms with Crippen LogP contribution in [0.4, 0.5) is 0 Å². The highest BCUT2D eigenvalue weighted by molar-refractivity contribution is 5.21. The second-order valence-electron chi connectivity index (χ2n) is 27.7. The molecule has 0 radical (unpaired) electrons. The van der Waals surface area contributed by atoms with Crippen LogP contribution in [0.2, 0.25) is 0 Å². The number of hydrogen-bond acceptors (Lipinski definition) is 26. The van der Waals surface area contributed by atoms with Gasteiger partial charge in [0.15, 0.2) is 31.5 Å². The van der Waals surface area contributed by atoms with Crippen LogP contribution in [-0.4, -0.2) is 274 Å². The van der Waals surface area contributed by atoms with E-state index in [4.69, 9.17) is 47.4 Å². The maximum absolute atomic E-state index is 12.9. The van der Waals surface area contributed by atoms with Crippen molar-refractivity contribution in [2.75, 3.05) is 33.0 Å². The van der Waals surface area contributed by atoms with Crippen molar-refractivity contribution in [2.24, 2.45) is 45.3 Å². The van der Waals surface area contributed by atoms with E-state index in [1.54, 1.807) is 0 Å². The Hall–Kier alpha value is -1.30. The average molecular weight is 1210 g/mol. The Labute approximate surface area is 490 Å². The zero-order chi connectivity index (χ0) is 61.5. The van der Waals surface area contributed by atoms with E-state index in [9.17, 15) is 81.7 Å². The van der Waals surface area contributed by atoms with Crippen LogP contribution >= 0.6 is 0 Å². The first-order valence-corrected chi connectivity index (χ1v) is 30.2. The van der Waals surface area contributed by atoms with Crippen LogP contribution in [0.1, 0.15) is 113 Å². The lowest BCUT2D eigenvalue weighted by atomic mass is 9.35. The van der Waals surface area contributed by atoms with Crippen molar-refractivity contribution in [2.45, 2.75) is 272 Å². The zero-order valence-electron chi connectivity index (χ0n) is 49.5. The molecule has 9 aliphatic rings. The molecule has 0 aromatic carbocycles. The second-order valence-corrected chi connectivity index (χ2v) is 27.7. The minimum Gasteiger partial charge on any atom is -0.394 e. The van der Waals surface area contributed by atoms with Crippen LogP contribution in [-0.2, 0) is 47.4 Å². The van der Waals surface area contributed by atoms with Gasteiger partial charge in [0.25, 0.3) is 0 Å². The number of allylic oxidation sites excluding steroid dienone is 2. The van der Waals surface area contributed by atoms with E-state index in [0.29, 0.717) is 38.5 Å². The van der Waals surface area contributed by atoms with E-state index in [-0.39, 0.29) is 47.7 Å². The normalized spacial score (nSPS) is 53.0. The van der Waals surface area contributed by atoms with Crippen LogP contribution in [0.25, 0.3) is 0 Å². The quantitative estimate of drug-likeness (QED) is 0.0642. The molecule has 0 aromatic rings. The van der Waals surface area contributed by atoms with E-state index in [1.807, 2.05) is 20.8 Å². The Balaban J connectivity index is 0.895. The second kappa shape index (κ2) is 25.8. The third-order valence-electron chi connectivity index (χ3n) is 22.2. The zero-order valence-corrected chi connectivity index (χ0v) is 49.5. The summed E-state index contributed by atoms with van der Waals surface area (Å²) in [7, 11) is 0. The molecule has 33 atom stereocenters. The van der Waals surface area contributed by atoms with Crippen LogP contribution in [0.15, 0.2) is 11.6 Å². The molecule has 26 nitrogen and oxygen atoms in total. The minimum absolute atomic E-state index is 0.0157. The Bertz CT molecular complexity index is 2210. The summed E-state index contributed by atoms with van der Waals surface area (Å²) in [5.41, 5.74) is -1.71. The molecule has 0 unspecified atom stereocenters. The molecule has 5 aliphatic heterocycles. The van der Waals surface area contributed by atoms with Crippen molar-refractivity contribution in [1.82, 2.24) is 0 Å². The summed E-state index contributed by atoms with van der Waals surface area (Å²) < 4.78 is 60.1. The molecule has 0 spiro atoms. The Morgan fingerprint density at radius 3 is 1.76 bits per heavy atom. The number of rotatable bonds is 17. The SMILES string of the molecule is CC(C)=CCC[C@](C)(O[C@@H]1O[C@H](CO[C@@H]2OC[C@H](O[C@@H]3OC[C@@H](O)[C@H](O)[C@H]3O)[C@H](O)[C@H]2O)[C@@H](O)[C@H](O)[C@H]1O)[C@H]1CC[C@]2(C)[C@@H]1[C@H](O)C[C@@H]1[C@@]3(C)CC[C@H](O[C@H]4[C@H](O[C@@H]5O[C@H](CO)[C@@H](O)[C@H](O)[C@H]5O)O[C@H](CO)[C@@H](O)[C@@H]4O)C(C)(C)[C@@H]3CC[C@]12C. The lowest BCUT2D eigenvalue weighted by Crippen LogP contribution is -2.68. The monoisotopic (exact) mass is 1210 g/mol. The van der Waals surface area contributed by atoms with Gasteiger partial charge in [-0.3, -0.25) is 0 Å². The van der Waals surface area contributed by atoms with Crippen LogP contribution in [0.5, 0.6) is 0 Å². The molecule has 84 heavy (non-hydrogen) atoms. The summed E-state index contributed by atoms with van der Waals surface area (Å²) in [6, 6.07) is 0. The lowest BCUT2D eigenvalue weighted by molar-refractivity contribution is -0.386. The van der Waals surface area contributed by atoms with Crippen molar-refractivity contribution in [3.63, 3.8) is 0 Å². The smallest absolute Gasteiger partial charge is 0.190 e. The number of hydrogen-bond donors (Lipinski definition) is 16. The lowest BCUT2D eigenvalue weighted by Gasteiger charge is -2.71. The first-order valence-electron chi connectivity index (χ1n) is 30.2. The Kier molecular flexibility index (Phi) is 20.6. The van der Waals surface area contributed by atoms with Gasteiger partial charge in [-0.2, -0.15) is 0 Å². The van der Waals surface area contributed by atoms with Gasteiger partial charge in [0, 0.05) is 0 Å². The van der Waals surface area contributed by atoms with Crippen LogP contribution < -0.4 is 0 Å². The summed E-state index contributed by atoms with van der Waals surface area (Å²) in [5, 5.41) is 174. The van der Waals surface area contributed by atoms with Gasteiger partial charge in [-0.05, 0) is 124 Å². The maximum atomic E-state index is 12.9. The summed E-state index contributed by atoms with van der Waals surface area (Å²) in [5.74, 6) is -0.554. The van der Waals surface area contributed by atoms with Gasteiger partial charge in [-0.1, -0.05) is 46.3 Å². The molecule has 0 aromatic heterocycles. The highest BCUT2D eigenvalue weighted by Crippen LogP contribution is 2.76. The molecule has 4 aliphatic carbocycles. The van der Waals surface area contributed by atoms with Crippen molar-refractivity contribution >= 4 is 0 Å².